The minimum absolute atomic E-state index is 0.133. The van der Waals surface area contributed by atoms with Gasteiger partial charge in [-0.1, -0.05) is 0 Å². The van der Waals surface area contributed by atoms with Crippen LogP contribution in [0, 0.1) is 23.4 Å². The van der Waals surface area contributed by atoms with E-state index in [1.165, 1.54) is 0 Å². The Balaban J connectivity index is 1.35. The van der Waals surface area contributed by atoms with E-state index >= 15 is 0 Å². The highest BCUT2D eigenvalue weighted by atomic mass is 19.2. The number of nitrogens with zero attached hydrogens (tertiary/aromatic N) is 2. The molecule has 3 fully saturated rings. The molecule has 29 heavy (non-hydrogen) atoms. The van der Waals surface area contributed by atoms with Crippen molar-refractivity contribution in [2.75, 3.05) is 19.6 Å². The fraction of sp³-hybridized carbons (Fsp3) is 0.600. The lowest BCUT2D eigenvalue weighted by atomic mass is 10.0. The minimum Gasteiger partial charge on any atom is -0.380 e. The van der Waals surface area contributed by atoms with Crippen molar-refractivity contribution in [2.24, 2.45) is 5.92 Å². The molecule has 2 N–H and O–H groups in total. The Morgan fingerprint density at radius 1 is 1.17 bits per heavy atom. The van der Waals surface area contributed by atoms with Gasteiger partial charge < -0.3 is 14.9 Å². The van der Waals surface area contributed by atoms with E-state index in [9.17, 15) is 27.9 Å². The Morgan fingerprint density at radius 2 is 1.86 bits per heavy atom. The fourth-order valence-electron chi connectivity index (χ4n) is 4.45. The molecule has 0 unspecified atom stereocenters. The van der Waals surface area contributed by atoms with E-state index in [1.807, 2.05) is 0 Å². The molecular weight excluding hydrogens is 387 g/mol. The number of rotatable bonds is 5. The van der Waals surface area contributed by atoms with Crippen LogP contribution in [0.4, 0.5) is 13.2 Å². The minimum atomic E-state index is -1.29. The molecule has 1 aliphatic carbocycles. The first-order chi connectivity index (χ1) is 13.7. The van der Waals surface area contributed by atoms with Crippen LogP contribution in [-0.4, -0.2) is 64.0 Å². The van der Waals surface area contributed by atoms with Gasteiger partial charge >= 0.3 is 0 Å². The van der Waals surface area contributed by atoms with Gasteiger partial charge in [0.05, 0.1) is 6.04 Å². The number of benzene rings is 1. The zero-order valence-electron chi connectivity index (χ0n) is 15.8. The van der Waals surface area contributed by atoms with Crippen LogP contribution in [0.3, 0.4) is 0 Å². The molecule has 0 spiro atoms. The lowest BCUT2D eigenvalue weighted by Crippen LogP contribution is -2.44. The first-order valence-corrected chi connectivity index (χ1v) is 9.84. The normalized spacial score (nSPS) is 25.8. The van der Waals surface area contributed by atoms with Crippen molar-refractivity contribution in [3.63, 3.8) is 0 Å². The van der Waals surface area contributed by atoms with Crippen molar-refractivity contribution in [3.05, 3.63) is 35.1 Å². The van der Waals surface area contributed by atoms with Gasteiger partial charge in [0.25, 0.3) is 5.91 Å². The molecule has 2 heterocycles. The lowest BCUT2D eigenvalue weighted by molar-refractivity contribution is -0.142. The molecule has 2 saturated heterocycles. The number of hydrogen-bond donors (Lipinski definition) is 1. The van der Waals surface area contributed by atoms with Gasteiger partial charge in [0.15, 0.2) is 11.6 Å². The SMILES string of the molecule is [NH][C@@H](CC(=O)N1CC[C@H]2CN(C(=O)C3(O)CC3)C[C@H]21)Cc1cc(F)c(F)cc1F. The fourth-order valence-corrected chi connectivity index (χ4v) is 4.45. The Morgan fingerprint density at radius 3 is 2.55 bits per heavy atom. The predicted octanol–water partition coefficient (Wildman–Crippen LogP) is 1.27. The number of nitrogens with one attached hydrogen (secondary N) is 1. The first kappa shape index (κ1) is 20.2. The van der Waals surface area contributed by atoms with Crippen molar-refractivity contribution < 1.29 is 27.9 Å². The van der Waals surface area contributed by atoms with Crippen LogP contribution in [0.1, 0.15) is 31.2 Å². The van der Waals surface area contributed by atoms with Crippen LogP contribution in [0.2, 0.25) is 0 Å². The van der Waals surface area contributed by atoms with Crippen molar-refractivity contribution >= 4 is 11.8 Å². The molecule has 4 rings (SSSR count). The van der Waals surface area contributed by atoms with Crippen LogP contribution < -0.4 is 5.73 Å². The second-order valence-electron chi connectivity index (χ2n) is 8.41. The van der Waals surface area contributed by atoms with Gasteiger partial charge in [0, 0.05) is 44.1 Å². The summed E-state index contributed by atoms with van der Waals surface area (Å²) in [7, 11) is 0. The van der Waals surface area contributed by atoms with E-state index in [4.69, 9.17) is 5.73 Å². The van der Waals surface area contributed by atoms with Gasteiger partial charge in [-0.2, -0.15) is 0 Å². The number of carbonyl (C=O) groups excluding carboxylic acids is 2. The molecule has 1 radical (unpaired) electrons. The molecule has 157 valence electrons. The topological polar surface area (TPSA) is 84.7 Å². The van der Waals surface area contributed by atoms with Gasteiger partial charge in [0.2, 0.25) is 5.91 Å². The predicted molar refractivity (Wildman–Crippen MR) is 95.9 cm³/mol. The third-order valence-corrected chi connectivity index (χ3v) is 6.25. The highest BCUT2D eigenvalue weighted by Crippen LogP contribution is 2.40. The molecule has 2 aliphatic heterocycles. The van der Waals surface area contributed by atoms with Gasteiger partial charge in [-0.15, -0.1) is 0 Å². The number of amides is 2. The van der Waals surface area contributed by atoms with E-state index in [2.05, 4.69) is 0 Å². The van der Waals surface area contributed by atoms with E-state index < -0.39 is 29.1 Å². The zero-order valence-corrected chi connectivity index (χ0v) is 15.8. The van der Waals surface area contributed by atoms with E-state index in [0.29, 0.717) is 38.5 Å². The average molecular weight is 410 g/mol. The van der Waals surface area contributed by atoms with Crippen LogP contribution in [0.5, 0.6) is 0 Å². The number of hydrogen-bond acceptors (Lipinski definition) is 3. The van der Waals surface area contributed by atoms with Crippen LogP contribution in [0.15, 0.2) is 12.1 Å². The molecule has 0 bridgehead atoms. The summed E-state index contributed by atoms with van der Waals surface area (Å²) in [4.78, 5) is 28.3. The molecule has 3 atom stereocenters. The standard InChI is InChI=1S/C20H23F3N3O3/c21-14-8-16(23)15(22)6-12(14)5-13(24)7-18(27)26-4-1-11-9-25(10-17(11)26)19(28)20(29)2-3-20/h6,8,11,13,17,24,29H,1-5,7,9-10H2/t11-,13+,17+/m0/s1. The van der Waals surface area contributed by atoms with E-state index in [-0.39, 0.29) is 42.2 Å². The molecule has 1 aromatic carbocycles. The van der Waals surface area contributed by atoms with Crippen LogP contribution in [0.25, 0.3) is 0 Å². The summed E-state index contributed by atoms with van der Waals surface area (Å²) in [5.74, 6) is -3.79. The molecule has 6 nitrogen and oxygen atoms in total. The number of aliphatic hydroxyl groups is 1. The molecule has 3 aliphatic rings. The van der Waals surface area contributed by atoms with E-state index in [0.717, 1.165) is 12.5 Å². The maximum absolute atomic E-state index is 13.8. The third kappa shape index (κ3) is 3.85. The number of fused-ring (bicyclic) bond motifs is 1. The average Bonchev–Trinajstić information content (AvgIpc) is 3.09. The molecular formula is C20H23F3N3O3. The van der Waals surface area contributed by atoms with Crippen LogP contribution >= 0.6 is 0 Å². The van der Waals surface area contributed by atoms with Crippen molar-refractivity contribution in [1.82, 2.24) is 15.5 Å². The summed E-state index contributed by atoms with van der Waals surface area (Å²) in [6.45, 7) is 1.42. The molecule has 1 aromatic rings. The summed E-state index contributed by atoms with van der Waals surface area (Å²) in [6.07, 6.45) is 1.33. The molecule has 1 saturated carbocycles. The smallest absolute Gasteiger partial charge is 0.254 e. The largest absolute Gasteiger partial charge is 0.380 e. The highest BCUT2D eigenvalue weighted by Gasteiger charge is 2.54. The Bertz CT molecular complexity index is 846. The molecule has 2 amide bonds. The molecule has 0 aromatic heterocycles. The quantitative estimate of drug-likeness (QED) is 0.742. The van der Waals surface area contributed by atoms with E-state index in [1.54, 1.807) is 9.80 Å². The van der Waals surface area contributed by atoms with Crippen molar-refractivity contribution in [1.29, 1.82) is 0 Å². The first-order valence-electron chi connectivity index (χ1n) is 9.84. The number of halogens is 3. The van der Waals surface area contributed by atoms with Gasteiger partial charge in [-0.25, -0.2) is 13.2 Å². The lowest BCUT2D eigenvalue weighted by Gasteiger charge is -2.27. The summed E-state index contributed by atoms with van der Waals surface area (Å²) in [6, 6.07) is 0.0432. The highest BCUT2D eigenvalue weighted by molar-refractivity contribution is 5.88. The summed E-state index contributed by atoms with van der Waals surface area (Å²) < 4.78 is 40.1. The molecule has 9 heteroatoms. The van der Waals surface area contributed by atoms with Crippen molar-refractivity contribution in [2.45, 2.75) is 49.8 Å². The Hall–Kier alpha value is -2.13. The third-order valence-electron chi connectivity index (χ3n) is 6.25. The van der Waals surface area contributed by atoms with Gasteiger partial charge in [-0.05, 0) is 37.3 Å². The van der Waals surface area contributed by atoms with Crippen LogP contribution in [-0.2, 0) is 16.0 Å². The summed E-state index contributed by atoms with van der Waals surface area (Å²) in [5.41, 5.74) is 6.72. The maximum Gasteiger partial charge on any atom is 0.254 e. The monoisotopic (exact) mass is 410 g/mol. The van der Waals surface area contributed by atoms with Gasteiger partial charge in [0.1, 0.15) is 11.4 Å². The number of carbonyl (C=O) groups is 2. The maximum atomic E-state index is 13.8. The Kier molecular flexibility index (Phi) is 5.06. The number of likely N-dealkylation sites (tertiary alicyclic amines) is 2. The summed E-state index contributed by atoms with van der Waals surface area (Å²) >= 11 is 0. The van der Waals surface area contributed by atoms with Crippen molar-refractivity contribution in [3.8, 4) is 0 Å². The Labute approximate surface area is 166 Å². The second kappa shape index (κ2) is 7.28. The van der Waals surface area contributed by atoms with Gasteiger partial charge in [-0.3, -0.25) is 15.3 Å². The zero-order chi connectivity index (χ0) is 20.9. The summed E-state index contributed by atoms with van der Waals surface area (Å²) in [5, 5.41) is 10.0. The second-order valence-corrected chi connectivity index (χ2v) is 8.41.